The third-order valence-corrected chi connectivity index (χ3v) is 7.55. The lowest BCUT2D eigenvalue weighted by molar-refractivity contribution is 0.102. The van der Waals surface area contributed by atoms with Crippen LogP contribution in [0, 0.1) is 13.8 Å². The van der Waals surface area contributed by atoms with Crippen LogP contribution in [-0.2, 0) is 10.0 Å². The molecule has 0 bridgehead atoms. The van der Waals surface area contributed by atoms with Crippen molar-refractivity contribution in [2.45, 2.75) is 18.7 Å². The minimum Gasteiger partial charge on any atom is -0.321 e. The Labute approximate surface area is 173 Å². The van der Waals surface area contributed by atoms with Crippen molar-refractivity contribution in [1.29, 1.82) is 0 Å². The Morgan fingerprint density at radius 1 is 1.11 bits per heavy atom. The van der Waals surface area contributed by atoms with E-state index >= 15 is 0 Å². The van der Waals surface area contributed by atoms with Gasteiger partial charge in [-0.15, -0.1) is 11.3 Å². The van der Waals surface area contributed by atoms with Crippen LogP contribution in [0.2, 0.25) is 5.02 Å². The third-order valence-electron chi connectivity index (χ3n) is 4.27. The van der Waals surface area contributed by atoms with E-state index in [0.717, 1.165) is 22.5 Å². The zero-order valence-corrected chi connectivity index (χ0v) is 18.0. The molecule has 0 aliphatic carbocycles. The molecule has 5 nitrogen and oxygen atoms in total. The fourth-order valence-corrected chi connectivity index (χ4v) is 5.30. The van der Waals surface area contributed by atoms with Crippen LogP contribution in [0.5, 0.6) is 0 Å². The summed E-state index contributed by atoms with van der Waals surface area (Å²) in [6.07, 6.45) is 0. The lowest BCUT2D eigenvalue weighted by Gasteiger charge is -2.20. The number of benzene rings is 2. The SMILES string of the molecule is Cc1cccc(N(C)S(=O)(=O)c2ccsc2C(=O)Nc2ccc(C)c(Cl)c2)c1. The molecule has 3 aromatic rings. The van der Waals surface area contributed by atoms with Gasteiger partial charge in [-0.25, -0.2) is 8.42 Å². The average Bonchev–Trinajstić information content (AvgIpc) is 3.15. The summed E-state index contributed by atoms with van der Waals surface area (Å²) in [4.78, 5) is 12.8. The Balaban J connectivity index is 1.91. The summed E-state index contributed by atoms with van der Waals surface area (Å²) in [5.41, 5.74) is 2.87. The third kappa shape index (κ3) is 4.06. The minimum absolute atomic E-state index is 0.0304. The molecule has 146 valence electrons. The summed E-state index contributed by atoms with van der Waals surface area (Å²) in [6.45, 7) is 3.75. The van der Waals surface area contributed by atoms with Gasteiger partial charge < -0.3 is 5.32 Å². The number of hydrogen-bond donors (Lipinski definition) is 1. The number of aryl methyl sites for hydroxylation is 2. The van der Waals surface area contributed by atoms with Crippen LogP contribution in [0.25, 0.3) is 0 Å². The maximum absolute atomic E-state index is 13.1. The van der Waals surface area contributed by atoms with Crippen molar-refractivity contribution in [2.75, 3.05) is 16.7 Å². The van der Waals surface area contributed by atoms with E-state index in [2.05, 4.69) is 5.32 Å². The molecule has 3 rings (SSSR count). The molecule has 8 heteroatoms. The van der Waals surface area contributed by atoms with E-state index < -0.39 is 15.9 Å². The zero-order valence-electron chi connectivity index (χ0n) is 15.6. The largest absolute Gasteiger partial charge is 0.321 e. The van der Waals surface area contributed by atoms with Crippen LogP contribution >= 0.6 is 22.9 Å². The zero-order chi connectivity index (χ0) is 20.5. The van der Waals surface area contributed by atoms with E-state index in [1.165, 1.54) is 17.4 Å². The molecule has 0 saturated heterocycles. The first-order chi connectivity index (χ1) is 13.2. The molecule has 0 radical (unpaired) electrons. The molecule has 1 N–H and O–H groups in total. The van der Waals surface area contributed by atoms with Crippen molar-refractivity contribution in [3.05, 3.63) is 74.9 Å². The molecule has 1 heterocycles. The normalized spacial score (nSPS) is 11.3. The van der Waals surface area contributed by atoms with Crippen molar-refractivity contribution >= 4 is 50.2 Å². The summed E-state index contributed by atoms with van der Waals surface area (Å²) in [5, 5.41) is 4.83. The molecular formula is C20H19ClN2O3S2. The van der Waals surface area contributed by atoms with Gasteiger partial charge in [-0.05, 0) is 60.7 Å². The van der Waals surface area contributed by atoms with E-state index in [4.69, 9.17) is 11.6 Å². The fourth-order valence-electron chi connectivity index (χ4n) is 2.63. The number of nitrogens with one attached hydrogen (secondary N) is 1. The molecule has 0 saturated carbocycles. The van der Waals surface area contributed by atoms with Crippen LogP contribution in [-0.4, -0.2) is 21.4 Å². The highest BCUT2D eigenvalue weighted by molar-refractivity contribution is 7.93. The van der Waals surface area contributed by atoms with Gasteiger partial charge in [0.1, 0.15) is 9.77 Å². The van der Waals surface area contributed by atoms with Gasteiger partial charge in [-0.1, -0.05) is 29.8 Å². The maximum Gasteiger partial charge on any atom is 0.267 e. The quantitative estimate of drug-likeness (QED) is 0.607. The highest BCUT2D eigenvalue weighted by atomic mass is 35.5. The molecule has 0 unspecified atom stereocenters. The van der Waals surface area contributed by atoms with E-state index in [9.17, 15) is 13.2 Å². The second-order valence-corrected chi connectivity index (χ2v) is 9.60. The molecule has 0 atom stereocenters. The van der Waals surface area contributed by atoms with E-state index in [1.54, 1.807) is 41.8 Å². The molecule has 28 heavy (non-hydrogen) atoms. The molecule has 0 aliphatic rings. The molecular weight excluding hydrogens is 416 g/mol. The second kappa shape index (κ2) is 7.95. The number of sulfonamides is 1. The van der Waals surface area contributed by atoms with Crippen molar-refractivity contribution in [3.63, 3.8) is 0 Å². The predicted octanol–water partition coefficient (Wildman–Crippen LogP) is 5.10. The summed E-state index contributed by atoms with van der Waals surface area (Å²) >= 11 is 7.17. The Hall–Kier alpha value is -2.35. The summed E-state index contributed by atoms with van der Waals surface area (Å²) in [5.74, 6) is -0.494. The maximum atomic E-state index is 13.1. The van der Waals surface area contributed by atoms with Crippen molar-refractivity contribution in [1.82, 2.24) is 0 Å². The Kier molecular flexibility index (Phi) is 5.79. The lowest BCUT2D eigenvalue weighted by Crippen LogP contribution is -2.28. The van der Waals surface area contributed by atoms with Gasteiger partial charge in [0, 0.05) is 17.8 Å². The van der Waals surface area contributed by atoms with Crippen molar-refractivity contribution < 1.29 is 13.2 Å². The van der Waals surface area contributed by atoms with E-state index in [0.29, 0.717) is 16.4 Å². The standard InChI is InChI=1S/C20H19ClN2O3S2/c1-13-5-4-6-16(11-13)23(3)28(25,26)18-9-10-27-19(18)20(24)22-15-8-7-14(2)17(21)12-15/h4-12H,1-3H3,(H,22,24). The minimum atomic E-state index is -3.89. The highest BCUT2D eigenvalue weighted by Gasteiger charge is 2.28. The van der Waals surface area contributed by atoms with Gasteiger partial charge in [0.15, 0.2) is 0 Å². The number of halogens is 1. The number of thiophene rings is 1. The molecule has 0 aliphatic heterocycles. The molecule has 1 aromatic heterocycles. The average molecular weight is 435 g/mol. The topological polar surface area (TPSA) is 66.5 Å². The predicted molar refractivity (Wildman–Crippen MR) is 115 cm³/mol. The molecule has 1 amide bonds. The number of carbonyl (C=O) groups excluding carboxylic acids is 1. The summed E-state index contributed by atoms with van der Waals surface area (Å²) in [7, 11) is -2.42. The first-order valence-corrected chi connectivity index (χ1v) is 11.1. The summed E-state index contributed by atoms with van der Waals surface area (Å²) in [6, 6.07) is 13.8. The van der Waals surface area contributed by atoms with Gasteiger partial charge in [0.2, 0.25) is 0 Å². The van der Waals surface area contributed by atoms with Crippen molar-refractivity contribution in [2.24, 2.45) is 0 Å². The molecule has 0 spiro atoms. The number of carbonyl (C=O) groups is 1. The van der Waals surface area contributed by atoms with E-state index in [1.807, 2.05) is 19.9 Å². The molecule has 2 aromatic carbocycles. The lowest BCUT2D eigenvalue weighted by atomic mass is 10.2. The van der Waals surface area contributed by atoms with Crippen molar-refractivity contribution in [3.8, 4) is 0 Å². The van der Waals surface area contributed by atoms with E-state index in [-0.39, 0.29) is 9.77 Å². The number of amides is 1. The Bertz CT molecular complexity index is 1140. The first kappa shape index (κ1) is 20.4. The fraction of sp³-hybridized carbons (Fsp3) is 0.150. The highest BCUT2D eigenvalue weighted by Crippen LogP contribution is 2.29. The Morgan fingerprint density at radius 3 is 2.54 bits per heavy atom. The molecule has 0 fully saturated rings. The number of hydrogen-bond acceptors (Lipinski definition) is 4. The van der Waals surface area contributed by atoms with Crippen LogP contribution in [0.3, 0.4) is 0 Å². The monoisotopic (exact) mass is 434 g/mol. The van der Waals surface area contributed by atoms with Gasteiger partial charge in [0.05, 0.1) is 5.69 Å². The number of rotatable bonds is 5. The van der Waals surface area contributed by atoms with Gasteiger partial charge in [-0.2, -0.15) is 0 Å². The van der Waals surface area contributed by atoms with Crippen LogP contribution < -0.4 is 9.62 Å². The van der Waals surface area contributed by atoms with Gasteiger partial charge >= 0.3 is 0 Å². The Morgan fingerprint density at radius 2 is 1.86 bits per heavy atom. The smallest absolute Gasteiger partial charge is 0.267 e. The second-order valence-electron chi connectivity index (χ2n) is 6.34. The van der Waals surface area contributed by atoms with Crippen LogP contribution in [0.15, 0.2) is 58.8 Å². The van der Waals surface area contributed by atoms with Gasteiger partial charge in [-0.3, -0.25) is 9.10 Å². The van der Waals surface area contributed by atoms with Gasteiger partial charge in [0.25, 0.3) is 15.9 Å². The van der Waals surface area contributed by atoms with Crippen LogP contribution in [0.1, 0.15) is 20.8 Å². The van der Waals surface area contributed by atoms with Crippen LogP contribution in [0.4, 0.5) is 11.4 Å². The number of anilines is 2. The first-order valence-electron chi connectivity index (χ1n) is 8.41. The summed E-state index contributed by atoms with van der Waals surface area (Å²) < 4.78 is 27.4. The number of nitrogens with zero attached hydrogens (tertiary/aromatic N) is 1.